The Kier molecular flexibility index (Phi) is 4.39. The number of hydrogen-bond donors (Lipinski definition) is 1. The van der Waals surface area contributed by atoms with Crippen LogP contribution < -0.4 is 5.32 Å². The number of carbonyl (C=O) groups excluding carboxylic acids is 1. The van der Waals surface area contributed by atoms with Crippen LogP contribution >= 0.6 is 0 Å². The van der Waals surface area contributed by atoms with Crippen LogP contribution in [0.5, 0.6) is 0 Å². The minimum absolute atomic E-state index is 0.0537. The molecule has 1 N–H and O–H groups in total. The second-order valence-corrected chi connectivity index (χ2v) is 3.70. The molecule has 0 fully saturated rings. The zero-order valence-corrected chi connectivity index (χ0v) is 10.5. The van der Waals surface area contributed by atoms with Crippen LogP contribution in [0, 0.1) is 0 Å². The summed E-state index contributed by atoms with van der Waals surface area (Å²) in [5, 5.41) is 3.10. The Hall–Kier alpha value is -2.50. The van der Waals surface area contributed by atoms with Gasteiger partial charge in [-0.05, 0) is 24.6 Å². The van der Waals surface area contributed by atoms with Gasteiger partial charge in [0.1, 0.15) is 5.82 Å². The summed E-state index contributed by atoms with van der Waals surface area (Å²) in [7, 11) is 0. The molecule has 0 radical (unpaired) electrons. The number of nitrogens with one attached hydrogen (secondary N) is 1. The summed E-state index contributed by atoms with van der Waals surface area (Å²) in [6.45, 7) is 2.62. The summed E-state index contributed by atoms with van der Waals surface area (Å²) in [6.07, 6.45) is 5.00. The number of hydrogen-bond acceptors (Lipinski definition) is 6. The van der Waals surface area contributed by atoms with Gasteiger partial charge in [0.25, 0.3) is 0 Å². The molecule has 2 aromatic heterocycles. The van der Waals surface area contributed by atoms with Crippen molar-refractivity contribution < 1.29 is 9.53 Å². The van der Waals surface area contributed by atoms with Gasteiger partial charge in [-0.25, -0.2) is 14.8 Å². The lowest BCUT2D eigenvalue weighted by Crippen LogP contribution is -2.11. The third-order valence-electron chi connectivity index (χ3n) is 2.31. The fourth-order valence-electron chi connectivity index (χ4n) is 1.45. The van der Waals surface area contributed by atoms with E-state index in [-0.39, 0.29) is 5.82 Å². The molecule has 0 aliphatic carbocycles. The summed E-state index contributed by atoms with van der Waals surface area (Å²) in [5.74, 6) is 0.104. The Balaban J connectivity index is 2.01. The van der Waals surface area contributed by atoms with Crippen molar-refractivity contribution in [2.75, 3.05) is 11.9 Å². The maximum atomic E-state index is 11.5. The molecule has 0 atom stereocenters. The van der Waals surface area contributed by atoms with E-state index < -0.39 is 5.97 Å². The molecule has 19 heavy (non-hydrogen) atoms. The first kappa shape index (κ1) is 12.9. The number of carbonyl (C=O) groups is 1. The fourth-order valence-corrected chi connectivity index (χ4v) is 1.45. The molecule has 0 saturated carbocycles. The van der Waals surface area contributed by atoms with E-state index in [1.807, 2.05) is 12.1 Å². The number of rotatable bonds is 5. The zero-order valence-electron chi connectivity index (χ0n) is 10.5. The molecular formula is C13H14N4O2. The van der Waals surface area contributed by atoms with Crippen LogP contribution in [0.2, 0.25) is 0 Å². The molecule has 0 bridgehead atoms. The van der Waals surface area contributed by atoms with Crippen LogP contribution in [0.3, 0.4) is 0 Å². The van der Waals surface area contributed by atoms with Gasteiger partial charge in [-0.1, -0.05) is 6.07 Å². The second kappa shape index (κ2) is 6.44. The molecule has 0 aromatic carbocycles. The number of nitrogens with zero attached hydrogens (tertiary/aromatic N) is 3. The third kappa shape index (κ3) is 3.74. The van der Waals surface area contributed by atoms with E-state index in [9.17, 15) is 4.79 Å². The summed E-state index contributed by atoms with van der Waals surface area (Å²) in [4.78, 5) is 23.5. The first-order valence-corrected chi connectivity index (χ1v) is 5.92. The van der Waals surface area contributed by atoms with Gasteiger partial charge in [0.2, 0.25) is 5.82 Å². The molecule has 6 heteroatoms. The second-order valence-electron chi connectivity index (χ2n) is 3.70. The van der Waals surface area contributed by atoms with Crippen molar-refractivity contribution in [2.24, 2.45) is 0 Å². The predicted octanol–water partition coefficient (Wildman–Crippen LogP) is 1.66. The van der Waals surface area contributed by atoms with Gasteiger partial charge in [-0.15, -0.1) is 0 Å². The largest absolute Gasteiger partial charge is 0.460 e. The van der Waals surface area contributed by atoms with Gasteiger partial charge in [0, 0.05) is 25.1 Å². The molecule has 2 aromatic rings. The SMILES string of the molecule is CCOC(=O)c1nccc(NCc2cccnc2)n1. The molecule has 2 rings (SSSR count). The standard InChI is InChI=1S/C13H14N4O2/c1-2-19-13(18)12-15-7-5-11(17-12)16-9-10-4-3-6-14-8-10/h3-8H,2,9H2,1H3,(H,15,16,17). The molecule has 0 spiro atoms. The van der Waals surface area contributed by atoms with Crippen molar-refractivity contribution in [1.82, 2.24) is 15.0 Å². The van der Waals surface area contributed by atoms with E-state index in [2.05, 4.69) is 20.3 Å². The van der Waals surface area contributed by atoms with Gasteiger partial charge in [0.05, 0.1) is 6.61 Å². The smallest absolute Gasteiger partial charge is 0.376 e. The first-order chi connectivity index (χ1) is 9.29. The zero-order chi connectivity index (χ0) is 13.5. The maximum absolute atomic E-state index is 11.5. The van der Waals surface area contributed by atoms with Crippen LogP contribution in [0.4, 0.5) is 5.82 Å². The summed E-state index contributed by atoms with van der Waals surface area (Å²) < 4.78 is 4.84. The van der Waals surface area contributed by atoms with Crippen LogP contribution in [-0.2, 0) is 11.3 Å². The Bertz CT molecular complexity index is 545. The molecule has 2 heterocycles. The summed E-state index contributed by atoms with van der Waals surface area (Å²) >= 11 is 0. The van der Waals surface area contributed by atoms with Crippen molar-refractivity contribution in [3.8, 4) is 0 Å². The molecule has 0 unspecified atom stereocenters. The lowest BCUT2D eigenvalue weighted by molar-refractivity contribution is 0.0512. The van der Waals surface area contributed by atoms with Gasteiger partial charge in [-0.2, -0.15) is 0 Å². The lowest BCUT2D eigenvalue weighted by Gasteiger charge is -2.06. The number of anilines is 1. The van der Waals surface area contributed by atoms with Crippen LogP contribution in [0.1, 0.15) is 23.1 Å². The number of pyridine rings is 1. The van der Waals surface area contributed by atoms with E-state index in [4.69, 9.17) is 4.74 Å². The number of ether oxygens (including phenoxy) is 1. The Morgan fingerprint density at radius 1 is 1.37 bits per heavy atom. The highest BCUT2D eigenvalue weighted by Gasteiger charge is 2.10. The number of aromatic nitrogens is 3. The monoisotopic (exact) mass is 258 g/mol. The maximum Gasteiger partial charge on any atom is 0.376 e. The van der Waals surface area contributed by atoms with Gasteiger partial charge in [0.15, 0.2) is 0 Å². The van der Waals surface area contributed by atoms with Crippen molar-refractivity contribution in [3.63, 3.8) is 0 Å². The molecule has 0 amide bonds. The van der Waals surface area contributed by atoms with E-state index in [0.717, 1.165) is 5.56 Å². The summed E-state index contributed by atoms with van der Waals surface area (Å²) in [5.41, 5.74) is 1.03. The van der Waals surface area contributed by atoms with E-state index in [1.54, 1.807) is 25.4 Å². The van der Waals surface area contributed by atoms with Gasteiger partial charge >= 0.3 is 5.97 Å². The molecular weight excluding hydrogens is 244 g/mol. The van der Waals surface area contributed by atoms with Crippen LogP contribution in [-0.4, -0.2) is 27.5 Å². The predicted molar refractivity (Wildman–Crippen MR) is 69.6 cm³/mol. The molecule has 0 aliphatic rings. The van der Waals surface area contributed by atoms with Crippen molar-refractivity contribution >= 4 is 11.8 Å². The van der Waals surface area contributed by atoms with Crippen molar-refractivity contribution in [1.29, 1.82) is 0 Å². The minimum atomic E-state index is -0.521. The van der Waals surface area contributed by atoms with E-state index >= 15 is 0 Å². The number of esters is 1. The third-order valence-corrected chi connectivity index (χ3v) is 2.31. The highest BCUT2D eigenvalue weighted by molar-refractivity contribution is 5.85. The lowest BCUT2D eigenvalue weighted by atomic mass is 10.3. The van der Waals surface area contributed by atoms with Crippen molar-refractivity contribution in [2.45, 2.75) is 13.5 Å². The minimum Gasteiger partial charge on any atom is -0.460 e. The molecule has 98 valence electrons. The first-order valence-electron chi connectivity index (χ1n) is 5.92. The van der Waals surface area contributed by atoms with E-state index in [1.165, 1.54) is 6.20 Å². The quantitative estimate of drug-likeness (QED) is 0.822. The Morgan fingerprint density at radius 2 is 2.26 bits per heavy atom. The molecule has 0 aliphatic heterocycles. The van der Waals surface area contributed by atoms with Crippen LogP contribution in [0.15, 0.2) is 36.8 Å². The normalized spacial score (nSPS) is 9.95. The summed E-state index contributed by atoms with van der Waals surface area (Å²) in [6, 6.07) is 5.51. The topological polar surface area (TPSA) is 77.0 Å². The van der Waals surface area contributed by atoms with Crippen LogP contribution in [0.25, 0.3) is 0 Å². The molecule has 6 nitrogen and oxygen atoms in total. The Morgan fingerprint density at radius 3 is 3.00 bits per heavy atom. The highest BCUT2D eigenvalue weighted by Crippen LogP contribution is 2.06. The molecule has 0 saturated heterocycles. The van der Waals surface area contributed by atoms with E-state index in [0.29, 0.717) is 19.0 Å². The average molecular weight is 258 g/mol. The van der Waals surface area contributed by atoms with Crippen molar-refractivity contribution in [3.05, 3.63) is 48.2 Å². The highest BCUT2D eigenvalue weighted by atomic mass is 16.5. The fraction of sp³-hybridized carbons (Fsp3) is 0.231. The van der Waals surface area contributed by atoms with Gasteiger partial charge in [-0.3, -0.25) is 4.98 Å². The Labute approximate surface area is 110 Å². The average Bonchev–Trinajstić information content (AvgIpc) is 2.47. The van der Waals surface area contributed by atoms with Gasteiger partial charge < -0.3 is 10.1 Å².